The van der Waals surface area contributed by atoms with E-state index in [9.17, 15) is 4.79 Å². The number of carbonyl (C=O) groups excluding carboxylic acids is 1. The molecule has 0 unspecified atom stereocenters. The van der Waals surface area contributed by atoms with Crippen LogP contribution < -0.4 is 5.73 Å². The van der Waals surface area contributed by atoms with Gasteiger partial charge in [-0.15, -0.1) is 11.3 Å². The van der Waals surface area contributed by atoms with Crippen LogP contribution >= 0.6 is 27.3 Å². The molecule has 0 saturated carbocycles. The standard InChI is InChI=1S/C12H10BrNOS/c1-7-3-2-4-9(14)10(7)11(15)12-8(13)5-6-16-12/h2-6H,14H2,1H3. The maximum Gasteiger partial charge on any atom is 0.206 e. The van der Waals surface area contributed by atoms with Crippen LogP contribution in [0.3, 0.4) is 0 Å². The first-order valence-electron chi connectivity index (χ1n) is 4.74. The Labute approximate surface area is 106 Å². The van der Waals surface area contributed by atoms with Gasteiger partial charge in [-0.2, -0.15) is 0 Å². The van der Waals surface area contributed by atoms with Gasteiger partial charge in [0, 0.05) is 15.7 Å². The molecule has 2 rings (SSSR count). The van der Waals surface area contributed by atoms with E-state index in [4.69, 9.17) is 5.73 Å². The van der Waals surface area contributed by atoms with Gasteiger partial charge in [-0.1, -0.05) is 12.1 Å². The highest BCUT2D eigenvalue weighted by molar-refractivity contribution is 9.10. The van der Waals surface area contributed by atoms with Crippen molar-refractivity contribution in [3.63, 3.8) is 0 Å². The summed E-state index contributed by atoms with van der Waals surface area (Å²) in [5.41, 5.74) is 7.89. The van der Waals surface area contributed by atoms with Gasteiger partial charge in [0.25, 0.3) is 0 Å². The molecule has 4 heteroatoms. The Hall–Kier alpha value is -1.13. The van der Waals surface area contributed by atoms with Gasteiger partial charge in [0.1, 0.15) is 0 Å². The highest BCUT2D eigenvalue weighted by Gasteiger charge is 2.18. The summed E-state index contributed by atoms with van der Waals surface area (Å²) in [7, 11) is 0. The number of thiophene rings is 1. The van der Waals surface area contributed by atoms with E-state index in [1.165, 1.54) is 11.3 Å². The minimum absolute atomic E-state index is 0.0162. The molecule has 0 radical (unpaired) electrons. The maximum absolute atomic E-state index is 12.3. The third kappa shape index (κ3) is 1.90. The van der Waals surface area contributed by atoms with Crippen LogP contribution in [-0.4, -0.2) is 5.78 Å². The molecule has 1 aromatic carbocycles. The Morgan fingerprint density at radius 3 is 2.69 bits per heavy atom. The second-order valence-corrected chi connectivity index (χ2v) is 5.24. The summed E-state index contributed by atoms with van der Waals surface area (Å²) >= 11 is 4.78. The Bertz CT molecular complexity index is 527. The summed E-state index contributed by atoms with van der Waals surface area (Å²) < 4.78 is 0.824. The number of nitrogen functional groups attached to an aromatic ring is 1. The zero-order valence-electron chi connectivity index (χ0n) is 8.66. The molecule has 0 saturated heterocycles. The van der Waals surface area contributed by atoms with E-state index in [-0.39, 0.29) is 5.78 Å². The lowest BCUT2D eigenvalue weighted by Crippen LogP contribution is -2.06. The molecule has 2 N–H and O–H groups in total. The van der Waals surface area contributed by atoms with Crippen molar-refractivity contribution in [1.82, 2.24) is 0 Å². The van der Waals surface area contributed by atoms with Crippen molar-refractivity contribution >= 4 is 38.7 Å². The Morgan fingerprint density at radius 2 is 2.12 bits per heavy atom. The molecule has 82 valence electrons. The lowest BCUT2D eigenvalue weighted by atomic mass is 10.0. The Morgan fingerprint density at radius 1 is 1.38 bits per heavy atom. The number of rotatable bonds is 2. The second-order valence-electron chi connectivity index (χ2n) is 3.47. The highest BCUT2D eigenvalue weighted by atomic mass is 79.9. The van der Waals surface area contributed by atoms with Gasteiger partial charge >= 0.3 is 0 Å². The number of aryl methyl sites for hydroxylation is 1. The van der Waals surface area contributed by atoms with Crippen LogP contribution in [0.5, 0.6) is 0 Å². The molecule has 0 amide bonds. The number of carbonyl (C=O) groups is 1. The Kier molecular flexibility index (Phi) is 3.12. The van der Waals surface area contributed by atoms with Crippen molar-refractivity contribution < 1.29 is 4.79 Å². The summed E-state index contributed by atoms with van der Waals surface area (Å²) in [5, 5.41) is 1.88. The quantitative estimate of drug-likeness (QED) is 0.679. The first-order chi connectivity index (χ1) is 7.61. The molecule has 0 atom stereocenters. The predicted molar refractivity (Wildman–Crippen MR) is 71.0 cm³/mol. The minimum Gasteiger partial charge on any atom is -0.398 e. The van der Waals surface area contributed by atoms with E-state index in [1.807, 2.05) is 30.5 Å². The summed E-state index contributed by atoms with van der Waals surface area (Å²) in [4.78, 5) is 13.0. The highest BCUT2D eigenvalue weighted by Crippen LogP contribution is 2.28. The number of hydrogen-bond acceptors (Lipinski definition) is 3. The molecule has 0 aliphatic heterocycles. The number of hydrogen-bond donors (Lipinski definition) is 1. The second kappa shape index (κ2) is 4.39. The van der Waals surface area contributed by atoms with E-state index in [2.05, 4.69) is 15.9 Å². The lowest BCUT2D eigenvalue weighted by Gasteiger charge is -2.07. The molecule has 0 aliphatic rings. The van der Waals surface area contributed by atoms with Crippen molar-refractivity contribution in [1.29, 1.82) is 0 Å². The molecule has 0 fully saturated rings. The average Bonchev–Trinajstić information content (AvgIpc) is 2.64. The van der Waals surface area contributed by atoms with Crippen LogP contribution in [0, 0.1) is 6.92 Å². The lowest BCUT2D eigenvalue weighted by molar-refractivity contribution is 0.104. The summed E-state index contributed by atoms with van der Waals surface area (Å²) in [6.07, 6.45) is 0. The molecule has 16 heavy (non-hydrogen) atoms. The number of halogens is 1. The van der Waals surface area contributed by atoms with Crippen molar-refractivity contribution in [2.45, 2.75) is 6.92 Å². The number of anilines is 1. The van der Waals surface area contributed by atoms with Gasteiger partial charge in [0.2, 0.25) is 5.78 Å². The molecule has 0 bridgehead atoms. The summed E-state index contributed by atoms with van der Waals surface area (Å²) in [5.74, 6) is -0.0162. The number of nitrogens with two attached hydrogens (primary N) is 1. The average molecular weight is 296 g/mol. The van der Waals surface area contributed by atoms with Crippen molar-refractivity contribution in [2.24, 2.45) is 0 Å². The normalized spacial score (nSPS) is 10.4. The predicted octanol–water partition coefficient (Wildman–Crippen LogP) is 3.63. The van der Waals surface area contributed by atoms with Crippen LogP contribution in [0.15, 0.2) is 34.1 Å². The fourth-order valence-electron chi connectivity index (χ4n) is 1.57. The zero-order valence-corrected chi connectivity index (χ0v) is 11.1. The molecule has 0 aliphatic carbocycles. The van der Waals surface area contributed by atoms with E-state index < -0.39 is 0 Å². The van der Waals surface area contributed by atoms with Crippen LogP contribution in [0.2, 0.25) is 0 Å². The van der Waals surface area contributed by atoms with Gasteiger partial charge in [-0.25, -0.2) is 0 Å². The Balaban J connectivity index is 2.54. The molecular weight excluding hydrogens is 286 g/mol. The van der Waals surface area contributed by atoms with Crippen molar-refractivity contribution in [3.8, 4) is 0 Å². The van der Waals surface area contributed by atoms with Gasteiger partial charge in [-0.3, -0.25) is 4.79 Å². The molecule has 2 nitrogen and oxygen atoms in total. The first kappa shape index (κ1) is 11.4. The number of benzene rings is 1. The van der Waals surface area contributed by atoms with E-state index in [1.54, 1.807) is 6.07 Å². The van der Waals surface area contributed by atoms with E-state index >= 15 is 0 Å². The third-order valence-electron chi connectivity index (χ3n) is 2.36. The smallest absolute Gasteiger partial charge is 0.206 e. The molecular formula is C12H10BrNOS. The van der Waals surface area contributed by atoms with Gasteiger partial charge < -0.3 is 5.73 Å². The van der Waals surface area contributed by atoms with Gasteiger partial charge in [0.05, 0.1) is 4.88 Å². The van der Waals surface area contributed by atoms with Crippen LogP contribution in [-0.2, 0) is 0 Å². The van der Waals surface area contributed by atoms with Crippen LogP contribution in [0.1, 0.15) is 20.8 Å². The zero-order chi connectivity index (χ0) is 11.7. The fourth-order valence-corrected chi connectivity index (χ4v) is 3.07. The molecule has 1 heterocycles. The SMILES string of the molecule is Cc1cccc(N)c1C(=O)c1sccc1Br. The first-order valence-corrected chi connectivity index (χ1v) is 6.41. The maximum atomic E-state index is 12.3. The van der Waals surface area contributed by atoms with Gasteiger partial charge in [0.15, 0.2) is 0 Å². The third-order valence-corrected chi connectivity index (χ3v) is 4.19. The molecule has 0 spiro atoms. The van der Waals surface area contributed by atoms with E-state index in [0.29, 0.717) is 16.1 Å². The monoisotopic (exact) mass is 295 g/mol. The van der Waals surface area contributed by atoms with Crippen molar-refractivity contribution in [3.05, 3.63) is 50.1 Å². The molecule has 1 aromatic heterocycles. The number of ketones is 1. The fraction of sp³-hybridized carbons (Fsp3) is 0.0833. The largest absolute Gasteiger partial charge is 0.398 e. The van der Waals surface area contributed by atoms with Crippen molar-refractivity contribution in [2.75, 3.05) is 5.73 Å². The van der Waals surface area contributed by atoms with E-state index in [0.717, 1.165) is 10.0 Å². The van der Waals surface area contributed by atoms with Gasteiger partial charge in [-0.05, 0) is 45.9 Å². The van der Waals surface area contributed by atoms with Crippen LogP contribution in [0.25, 0.3) is 0 Å². The topological polar surface area (TPSA) is 43.1 Å². The summed E-state index contributed by atoms with van der Waals surface area (Å²) in [6, 6.07) is 7.37. The molecule has 2 aromatic rings. The summed E-state index contributed by atoms with van der Waals surface area (Å²) in [6.45, 7) is 1.89. The van der Waals surface area contributed by atoms with Crippen LogP contribution in [0.4, 0.5) is 5.69 Å². The minimum atomic E-state index is -0.0162.